The highest BCUT2D eigenvalue weighted by atomic mass is 19.3. The van der Waals surface area contributed by atoms with E-state index in [9.17, 15) is 17.6 Å². The van der Waals surface area contributed by atoms with Crippen molar-refractivity contribution in [2.45, 2.75) is 32.6 Å². The Labute approximate surface area is 68.9 Å². The van der Waals surface area contributed by atoms with Crippen molar-refractivity contribution in [1.82, 2.24) is 0 Å². The van der Waals surface area contributed by atoms with E-state index in [4.69, 9.17) is 5.73 Å². The molecule has 0 aromatic carbocycles. The molecule has 2 N–H and O–H groups in total. The number of alkyl halides is 4. The average molecular weight is 187 g/mol. The molecule has 12 heavy (non-hydrogen) atoms. The van der Waals surface area contributed by atoms with E-state index in [-0.39, 0.29) is 6.54 Å². The van der Waals surface area contributed by atoms with Crippen molar-refractivity contribution in [1.29, 1.82) is 0 Å². The van der Waals surface area contributed by atoms with Crippen LogP contribution in [0.5, 0.6) is 0 Å². The Bertz CT molecular complexity index is 144. The smallest absolute Gasteiger partial charge is 0.308 e. The molecule has 0 aliphatic rings. The van der Waals surface area contributed by atoms with Crippen LogP contribution in [0.2, 0.25) is 0 Å². The fraction of sp³-hybridized carbons (Fsp3) is 1.00. The molecule has 74 valence electrons. The molecule has 0 radical (unpaired) electrons. The maximum absolute atomic E-state index is 12.4. The summed E-state index contributed by atoms with van der Waals surface area (Å²) in [5, 5.41) is 0. The minimum Gasteiger partial charge on any atom is -0.330 e. The molecule has 0 heterocycles. The van der Waals surface area contributed by atoms with Gasteiger partial charge in [0.15, 0.2) is 0 Å². The van der Waals surface area contributed by atoms with Gasteiger partial charge in [0, 0.05) is 6.42 Å². The molecule has 0 spiro atoms. The molecule has 0 fully saturated rings. The molecule has 0 unspecified atom stereocenters. The lowest BCUT2D eigenvalue weighted by Gasteiger charge is -2.27. The quantitative estimate of drug-likeness (QED) is 0.671. The standard InChI is InChI=1S/C7H13F4N/c1-6(2,4-12)3-7(10,11)5(8)9/h5H,3-4,12H2,1-2H3. The molecule has 0 aromatic rings. The highest BCUT2D eigenvalue weighted by Gasteiger charge is 2.44. The first-order valence-corrected chi connectivity index (χ1v) is 3.57. The van der Waals surface area contributed by atoms with Crippen LogP contribution in [-0.4, -0.2) is 18.9 Å². The zero-order valence-electron chi connectivity index (χ0n) is 7.08. The van der Waals surface area contributed by atoms with Gasteiger partial charge >= 0.3 is 12.3 Å². The average Bonchev–Trinajstić information content (AvgIpc) is 1.85. The third kappa shape index (κ3) is 3.38. The minimum atomic E-state index is -3.93. The van der Waals surface area contributed by atoms with Crippen molar-refractivity contribution >= 4 is 0 Å². The van der Waals surface area contributed by atoms with Crippen LogP contribution in [0.25, 0.3) is 0 Å². The van der Waals surface area contributed by atoms with Crippen molar-refractivity contribution in [2.75, 3.05) is 6.54 Å². The Kier molecular flexibility index (Phi) is 3.50. The SMILES string of the molecule is CC(C)(CN)CC(F)(F)C(F)F. The van der Waals surface area contributed by atoms with E-state index in [0.29, 0.717) is 0 Å². The summed E-state index contributed by atoms with van der Waals surface area (Å²) in [5.41, 5.74) is 4.19. The minimum absolute atomic E-state index is 0.0324. The lowest BCUT2D eigenvalue weighted by molar-refractivity contribution is -0.148. The van der Waals surface area contributed by atoms with E-state index in [2.05, 4.69) is 0 Å². The topological polar surface area (TPSA) is 26.0 Å². The Balaban J connectivity index is 4.23. The van der Waals surface area contributed by atoms with E-state index in [1.807, 2.05) is 0 Å². The summed E-state index contributed by atoms with van der Waals surface area (Å²) in [5.74, 6) is -3.93. The van der Waals surface area contributed by atoms with Gasteiger partial charge in [0.2, 0.25) is 0 Å². The summed E-state index contributed by atoms with van der Waals surface area (Å²) in [6.07, 6.45) is -4.49. The predicted molar refractivity (Wildman–Crippen MR) is 38.4 cm³/mol. The van der Waals surface area contributed by atoms with Gasteiger partial charge in [-0.15, -0.1) is 0 Å². The number of nitrogens with two attached hydrogens (primary N) is 1. The second-order valence-corrected chi connectivity index (χ2v) is 3.61. The van der Waals surface area contributed by atoms with Gasteiger partial charge in [-0.1, -0.05) is 13.8 Å². The van der Waals surface area contributed by atoms with E-state index >= 15 is 0 Å². The van der Waals surface area contributed by atoms with Crippen LogP contribution in [0.15, 0.2) is 0 Å². The molecule has 0 aliphatic carbocycles. The summed E-state index contributed by atoms with van der Waals surface area (Å²) >= 11 is 0. The molecular formula is C7H13F4N. The first-order valence-electron chi connectivity index (χ1n) is 3.57. The van der Waals surface area contributed by atoms with Crippen LogP contribution in [0.3, 0.4) is 0 Å². The van der Waals surface area contributed by atoms with Crippen molar-refractivity contribution in [3.63, 3.8) is 0 Å². The third-order valence-corrected chi connectivity index (χ3v) is 1.59. The Morgan fingerprint density at radius 3 is 1.92 bits per heavy atom. The molecule has 5 heteroatoms. The molecule has 0 atom stereocenters. The largest absolute Gasteiger partial charge is 0.330 e. The van der Waals surface area contributed by atoms with E-state index in [1.165, 1.54) is 13.8 Å². The normalized spacial score (nSPS) is 14.0. The first-order chi connectivity index (χ1) is 5.21. The molecule has 0 saturated heterocycles. The monoisotopic (exact) mass is 187 g/mol. The fourth-order valence-corrected chi connectivity index (χ4v) is 0.787. The summed E-state index contributed by atoms with van der Waals surface area (Å²) in [4.78, 5) is 0. The predicted octanol–water partition coefficient (Wildman–Crippen LogP) is 2.26. The van der Waals surface area contributed by atoms with Gasteiger partial charge in [-0.05, 0) is 12.0 Å². The van der Waals surface area contributed by atoms with Gasteiger partial charge in [0.1, 0.15) is 0 Å². The maximum Gasteiger partial charge on any atom is 0.308 e. The number of rotatable bonds is 4. The molecule has 0 amide bonds. The fourth-order valence-electron chi connectivity index (χ4n) is 0.787. The van der Waals surface area contributed by atoms with Gasteiger partial charge in [0.05, 0.1) is 0 Å². The second kappa shape index (κ2) is 3.60. The van der Waals surface area contributed by atoms with Crippen LogP contribution in [-0.2, 0) is 0 Å². The second-order valence-electron chi connectivity index (χ2n) is 3.61. The zero-order valence-corrected chi connectivity index (χ0v) is 7.08. The molecule has 0 rings (SSSR count). The molecular weight excluding hydrogens is 174 g/mol. The van der Waals surface area contributed by atoms with E-state index < -0.39 is 24.2 Å². The van der Waals surface area contributed by atoms with Crippen LogP contribution >= 0.6 is 0 Å². The number of hydrogen-bond acceptors (Lipinski definition) is 1. The van der Waals surface area contributed by atoms with Gasteiger partial charge in [-0.3, -0.25) is 0 Å². The summed E-state index contributed by atoms with van der Waals surface area (Å²) in [6.45, 7) is 2.84. The van der Waals surface area contributed by atoms with Crippen molar-refractivity contribution in [3.05, 3.63) is 0 Å². The number of halogens is 4. The molecule has 0 bridgehead atoms. The Morgan fingerprint density at radius 2 is 1.67 bits per heavy atom. The van der Waals surface area contributed by atoms with Crippen LogP contribution in [0.1, 0.15) is 20.3 Å². The van der Waals surface area contributed by atoms with Crippen molar-refractivity contribution in [3.8, 4) is 0 Å². The molecule has 0 aromatic heterocycles. The molecule has 0 saturated carbocycles. The van der Waals surface area contributed by atoms with Crippen molar-refractivity contribution in [2.24, 2.45) is 11.1 Å². The first kappa shape index (κ1) is 11.7. The summed E-state index contributed by atoms with van der Waals surface area (Å²) in [6, 6.07) is 0. The number of hydrogen-bond donors (Lipinski definition) is 1. The highest BCUT2D eigenvalue weighted by Crippen LogP contribution is 2.35. The van der Waals surface area contributed by atoms with E-state index in [1.54, 1.807) is 0 Å². The van der Waals surface area contributed by atoms with Crippen LogP contribution in [0.4, 0.5) is 17.6 Å². The summed E-state index contributed by atoms with van der Waals surface area (Å²) in [7, 11) is 0. The third-order valence-electron chi connectivity index (χ3n) is 1.59. The Morgan fingerprint density at radius 1 is 1.25 bits per heavy atom. The van der Waals surface area contributed by atoms with Gasteiger partial charge in [0.25, 0.3) is 0 Å². The van der Waals surface area contributed by atoms with Gasteiger partial charge < -0.3 is 5.73 Å². The van der Waals surface area contributed by atoms with Gasteiger partial charge in [-0.2, -0.15) is 0 Å². The zero-order chi connectivity index (χ0) is 9.99. The van der Waals surface area contributed by atoms with Crippen LogP contribution in [0, 0.1) is 5.41 Å². The highest BCUT2D eigenvalue weighted by molar-refractivity contribution is 4.80. The van der Waals surface area contributed by atoms with E-state index in [0.717, 1.165) is 0 Å². The maximum atomic E-state index is 12.4. The Hall–Kier alpha value is -0.320. The lowest BCUT2D eigenvalue weighted by Crippen LogP contribution is -2.36. The van der Waals surface area contributed by atoms with Crippen LogP contribution < -0.4 is 5.73 Å². The van der Waals surface area contributed by atoms with Gasteiger partial charge in [-0.25, -0.2) is 17.6 Å². The lowest BCUT2D eigenvalue weighted by atomic mass is 9.86. The summed E-state index contributed by atoms with van der Waals surface area (Å²) < 4.78 is 48.2. The van der Waals surface area contributed by atoms with Crippen molar-refractivity contribution < 1.29 is 17.6 Å². The molecule has 1 nitrogen and oxygen atoms in total. The molecule has 0 aliphatic heterocycles.